The number of fused-ring (bicyclic) bond motifs is 7. The molecule has 0 amide bonds. The summed E-state index contributed by atoms with van der Waals surface area (Å²) in [5.41, 5.74) is 13.7. The summed E-state index contributed by atoms with van der Waals surface area (Å²) in [6, 6.07) is 60.5. The molecule has 329 valence electrons. The molecule has 8 aromatic carbocycles. The molecular formula is C60H50FIrN3O-2. The molecule has 6 heteroatoms. The van der Waals surface area contributed by atoms with Crippen LogP contribution in [0.15, 0.2) is 168 Å². The minimum Gasteiger partial charge on any atom is -0.501 e. The van der Waals surface area contributed by atoms with Gasteiger partial charge >= 0.3 is 0 Å². The van der Waals surface area contributed by atoms with Gasteiger partial charge in [-0.3, -0.25) is 9.37 Å². The van der Waals surface area contributed by atoms with Gasteiger partial charge in [0.2, 0.25) is 0 Å². The van der Waals surface area contributed by atoms with Crippen molar-refractivity contribution in [1.29, 1.82) is 0 Å². The van der Waals surface area contributed by atoms with Crippen LogP contribution in [0.1, 0.15) is 77.0 Å². The molecule has 11 aromatic rings. The first-order chi connectivity index (χ1) is 31.4. The third-order valence-electron chi connectivity index (χ3n) is 12.5. The summed E-state index contributed by atoms with van der Waals surface area (Å²) >= 11 is 0. The summed E-state index contributed by atoms with van der Waals surface area (Å²) in [5.74, 6) is 1.12. The van der Waals surface area contributed by atoms with Crippen LogP contribution >= 0.6 is 0 Å². The second kappa shape index (κ2) is 17.9. The molecule has 66 heavy (non-hydrogen) atoms. The van der Waals surface area contributed by atoms with E-state index in [1.165, 1.54) is 67.2 Å². The molecule has 0 saturated heterocycles. The van der Waals surface area contributed by atoms with E-state index in [-0.39, 0.29) is 43.2 Å². The number of nitrogens with zero attached hydrogens (tertiary/aromatic N) is 3. The largest absolute Gasteiger partial charge is 0.501 e. The van der Waals surface area contributed by atoms with Crippen LogP contribution in [0.5, 0.6) is 0 Å². The van der Waals surface area contributed by atoms with E-state index in [1.54, 1.807) is 12.3 Å². The van der Waals surface area contributed by atoms with Crippen LogP contribution in [-0.4, -0.2) is 14.5 Å². The van der Waals surface area contributed by atoms with Crippen LogP contribution in [0.2, 0.25) is 0 Å². The van der Waals surface area contributed by atoms with Gasteiger partial charge in [-0.25, -0.2) is 0 Å². The summed E-state index contributed by atoms with van der Waals surface area (Å²) in [7, 11) is 0. The number of hydrogen-bond donors (Lipinski definition) is 0. The number of rotatable bonds is 6. The number of benzene rings is 8. The zero-order valence-electron chi connectivity index (χ0n) is 38.2. The first kappa shape index (κ1) is 44.5. The van der Waals surface area contributed by atoms with Gasteiger partial charge in [0.25, 0.3) is 0 Å². The van der Waals surface area contributed by atoms with Gasteiger partial charge in [0.15, 0.2) is 0 Å². The maximum atomic E-state index is 12.8. The van der Waals surface area contributed by atoms with Crippen molar-refractivity contribution in [2.24, 2.45) is 0 Å². The van der Waals surface area contributed by atoms with Crippen molar-refractivity contribution < 1.29 is 28.9 Å². The van der Waals surface area contributed by atoms with Crippen LogP contribution in [0.25, 0.3) is 94.0 Å². The van der Waals surface area contributed by atoms with Gasteiger partial charge in [-0.15, -0.1) is 48.0 Å². The maximum Gasteiger partial charge on any atom is 0.121 e. The Morgan fingerprint density at radius 2 is 1.35 bits per heavy atom. The van der Waals surface area contributed by atoms with E-state index in [0.29, 0.717) is 0 Å². The second-order valence-corrected chi connectivity index (χ2v) is 18.6. The summed E-state index contributed by atoms with van der Waals surface area (Å²) in [5, 5.41) is 7.02. The van der Waals surface area contributed by atoms with E-state index in [9.17, 15) is 4.39 Å². The number of pyridine rings is 1. The zero-order valence-corrected chi connectivity index (χ0v) is 40.6. The Bertz CT molecular complexity index is 3510. The molecule has 0 saturated carbocycles. The Balaban J connectivity index is 0.000000257. The standard InChI is InChI=1S/C45H35N2O.C15H15FN.Ir/c1-27(2)36-24-32(29-13-6-5-7-14-29)25-37(28(3)4)43(36)47-41-20-11-10-19-40(41)46-45(47)35-18-12-17-34-39-23-31-22-21-30-15-8-9-16-33(30)38(31)26-42(39)48-44(34)35;1-15(2,3)12-8-9-17-14(10-12)11-4-6-13(16)7-5-11;/h5-17,19-28H,1-4H3;4,6-10H,1-3H3;/q2*-1;. The Labute approximate surface area is 399 Å². The van der Waals surface area contributed by atoms with Gasteiger partial charge < -0.3 is 14.0 Å². The first-order valence-electron chi connectivity index (χ1n) is 22.5. The number of furan rings is 1. The quantitative estimate of drug-likeness (QED) is 0.123. The van der Waals surface area contributed by atoms with Crippen LogP contribution in [-0.2, 0) is 25.5 Å². The van der Waals surface area contributed by atoms with E-state index >= 15 is 0 Å². The third kappa shape index (κ3) is 8.25. The van der Waals surface area contributed by atoms with Gasteiger partial charge in [0.1, 0.15) is 5.58 Å². The van der Waals surface area contributed by atoms with Gasteiger partial charge in [-0.05, 0) is 115 Å². The average molecular weight is 1040 g/mol. The monoisotopic (exact) mass is 1040 g/mol. The summed E-state index contributed by atoms with van der Waals surface area (Å²) in [4.78, 5) is 9.63. The molecule has 0 unspecified atom stereocenters. The molecule has 0 N–H and O–H groups in total. The summed E-state index contributed by atoms with van der Waals surface area (Å²) in [6.07, 6.45) is 1.78. The van der Waals surface area contributed by atoms with Crippen LogP contribution in [0, 0.1) is 17.9 Å². The summed E-state index contributed by atoms with van der Waals surface area (Å²) in [6.45, 7) is 15.6. The van der Waals surface area contributed by atoms with E-state index in [0.717, 1.165) is 55.6 Å². The van der Waals surface area contributed by atoms with Gasteiger partial charge in [0, 0.05) is 43.2 Å². The number of aromatic nitrogens is 3. The van der Waals surface area contributed by atoms with Crippen molar-refractivity contribution >= 4 is 54.5 Å². The fourth-order valence-corrected chi connectivity index (χ4v) is 9.05. The van der Waals surface area contributed by atoms with Crippen LogP contribution in [0.4, 0.5) is 4.39 Å². The molecule has 0 bridgehead atoms. The molecule has 3 aromatic heterocycles. The molecular weight excluding hydrogens is 990 g/mol. The van der Waals surface area contributed by atoms with E-state index in [1.807, 2.05) is 18.2 Å². The van der Waals surface area contributed by atoms with E-state index in [4.69, 9.17) is 9.40 Å². The molecule has 0 aliphatic rings. The Kier molecular flexibility index (Phi) is 12.1. The predicted octanol–water partition coefficient (Wildman–Crippen LogP) is 16.6. The minimum atomic E-state index is -0.277. The molecule has 0 atom stereocenters. The minimum absolute atomic E-state index is 0. The number of imidazole rings is 1. The smallest absolute Gasteiger partial charge is 0.121 e. The molecule has 0 aliphatic heterocycles. The average Bonchev–Trinajstić information content (AvgIpc) is 3.89. The second-order valence-electron chi connectivity index (χ2n) is 18.6. The molecule has 4 nitrogen and oxygen atoms in total. The molecule has 1 radical (unpaired) electrons. The fraction of sp³-hybridized carbons (Fsp3) is 0.167. The van der Waals surface area contributed by atoms with Gasteiger partial charge in [0.05, 0.1) is 22.4 Å². The zero-order chi connectivity index (χ0) is 45.0. The van der Waals surface area contributed by atoms with E-state index < -0.39 is 0 Å². The Morgan fingerprint density at radius 3 is 2.08 bits per heavy atom. The van der Waals surface area contributed by atoms with Crippen LogP contribution in [0.3, 0.4) is 0 Å². The Hall–Kier alpha value is -6.72. The number of para-hydroxylation sites is 2. The first-order valence-corrected chi connectivity index (χ1v) is 22.5. The van der Waals surface area contributed by atoms with Crippen molar-refractivity contribution in [3.8, 4) is 39.5 Å². The van der Waals surface area contributed by atoms with Gasteiger partial charge in [-0.2, -0.15) is 0 Å². The van der Waals surface area contributed by atoms with Crippen molar-refractivity contribution in [1.82, 2.24) is 14.5 Å². The maximum absolute atomic E-state index is 12.8. The SMILES string of the molecule is CC(C)(C)c1ccnc(-c2[c-]cc(F)cc2)c1.CC(C)c1cc(-c2ccccc2)cc(C(C)C)c1-n1c(-c2[c-]ccc3c2oc2cc4c(ccc5ccccc54)cc23)nc2ccccc21.[Ir]. The molecule has 11 rings (SSSR count). The summed E-state index contributed by atoms with van der Waals surface area (Å²) < 4.78 is 22.0. The number of halogens is 1. The fourth-order valence-electron chi connectivity index (χ4n) is 9.05. The topological polar surface area (TPSA) is 43.9 Å². The van der Waals surface area contributed by atoms with Gasteiger partial charge in [-0.1, -0.05) is 144 Å². The normalized spacial score (nSPS) is 11.8. The number of hydrogen-bond acceptors (Lipinski definition) is 3. The van der Waals surface area contributed by atoms with Crippen molar-refractivity contribution in [3.05, 3.63) is 199 Å². The third-order valence-corrected chi connectivity index (χ3v) is 12.5. The molecule has 0 aliphatic carbocycles. The van der Waals surface area contributed by atoms with Crippen molar-refractivity contribution in [2.45, 2.75) is 65.7 Å². The molecule has 3 heterocycles. The van der Waals surface area contributed by atoms with Crippen molar-refractivity contribution in [2.75, 3.05) is 0 Å². The van der Waals surface area contributed by atoms with Crippen LogP contribution < -0.4 is 0 Å². The predicted molar refractivity (Wildman–Crippen MR) is 268 cm³/mol. The molecule has 0 fully saturated rings. The van der Waals surface area contributed by atoms with E-state index in [2.05, 4.69) is 191 Å². The van der Waals surface area contributed by atoms with Crippen molar-refractivity contribution in [3.63, 3.8) is 0 Å². The Morgan fingerprint density at radius 1 is 0.636 bits per heavy atom. The molecule has 0 spiro atoms.